The third kappa shape index (κ3) is 9.09. The third-order valence-corrected chi connectivity index (χ3v) is 17.4. The molecular formula is C8H18Cl4O3Si4. The Labute approximate surface area is 138 Å². The highest BCUT2D eigenvalue weighted by atomic mass is 35.7. The van der Waals surface area contributed by atoms with Crippen LogP contribution in [0.4, 0.5) is 0 Å². The van der Waals surface area contributed by atoms with Gasteiger partial charge in [-0.1, -0.05) is 0 Å². The molecule has 0 unspecified atom stereocenters. The zero-order chi connectivity index (χ0) is 15.5. The molecule has 112 valence electrons. The van der Waals surface area contributed by atoms with Crippen molar-refractivity contribution >= 4 is 75.3 Å². The van der Waals surface area contributed by atoms with Crippen molar-refractivity contribution in [2.45, 2.75) is 26.2 Å². The first-order chi connectivity index (χ1) is 8.24. The van der Waals surface area contributed by atoms with Crippen LogP contribution in [0.3, 0.4) is 0 Å². The van der Waals surface area contributed by atoms with Crippen molar-refractivity contribution in [2.75, 3.05) is 0 Å². The fourth-order valence-electron chi connectivity index (χ4n) is 1.37. The second kappa shape index (κ2) is 7.10. The Morgan fingerprint density at radius 3 is 1.16 bits per heavy atom. The zero-order valence-electron chi connectivity index (χ0n) is 11.3. The lowest BCUT2D eigenvalue weighted by Crippen LogP contribution is -2.54. The maximum absolute atomic E-state index is 6.03. The highest BCUT2D eigenvalue weighted by Crippen LogP contribution is 2.29. The Morgan fingerprint density at radius 1 is 0.684 bits per heavy atom. The minimum Gasteiger partial charge on any atom is -0.416 e. The summed E-state index contributed by atoms with van der Waals surface area (Å²) >= 11 is 24.1. The summed E-state index contributed by atoms with van der Waals surface area (Å²) in [4.78, 5) is 0. The molecule has 0 radical (unpaired) electrons. The molecule has 0 fully saturated rings. The van der Waals surface area contributed by atoms with Gasteiger partial charge in [0.15, 0.2) is 0 Å². The van der Waals surface area contributed by atoms with Crippen LogP contribution in [0.5, 0.6) is 0 Å². The van der Waals surface area contributed by atoms with Crippen molar-refractivity contribution in [1.82, 2.24) is 0 Å². The summed E-state index contributed by atoms with van der Waals surface area (Å²) in [6.45, 7) is 8.56. The first-order valence-electron chi connectivity index (χ1n) is 5.37. The van der Waals surface area contributed by atoms with Gasteiger partial charge in [-0.05, 0) is 37.6 Å². The molecule has 0 aliphatic carbocycles. The molecule has 0 heterocycles. The first kappa shape index (κ1) is 20.4. The van der Waals surface area contributed by atoms with E-state index in [0.717, 1.165) is 0 Å². The van der Waals surface area contributed by atoms with Gasteiger partial charge in [-0.2, -0.15) is 0 Å². The highest BCUT2D eigenvalue weighted by Gasteiger charge is 2.45. The Bertz CT molecular complexity index is 317. The molecule has 0 amide bonds. The number of halogens is 4. The average Bonchev–Trinajstić information content (AvgIpc) is 2.12. The minimum atomic E-state index is -2.94. The summed E-state index contributed by atoms with van der Waals surface area (Å²) in [6.07, 6.45) is 0. The molecule has 3 nitrogen and oxygen atoms in total. The van der Waals surface area contributed by atoms with Crippen molar-refractivity contribution in [3.63, 3.8) is 0 Å². The Morgan fingerprint density at radius 2 is 0.947 bits per heavy atom. The largest absolute Gasteiger partial charge is 0.416 e. The van der Waals surface area contributed by atoms with Gasteiger partial charge < -0.3 is 12.3 Å². The second-order valence-corrected chi connectivity index (χ2v) is 23.6. The van der Waals surface area contributed by atoms with Gasteiger partial charge in [0.05, 0.1) is 0 Å². The second-order valence-electron chi connectivity index (χ2n) is 4.64. The van der Waals surface area contributed by atoms with Crippen LogP contribution in [0.1, 0.15) is 0 Å². The van der Waals surface area contributed by atoms with Gasteiger partial charge in [0.25, 0.3) is 0 Å². The molecule has 0 aromatic carbocycles. The maximum Gasteiger partial charge on any atom is 0.406 e. The van der Waals surface area contributed by atoms with Crippen molar-refractivity contribution in [3.8, 4) is 0 Å². The minimum absolute atomic E-state index is 1.43. The monoisotopic (exact) mass is 414 g/mol. The van der Waals surface area contributed by atoms with Crippen molar-refractivity contribution in [2.24, 2.45) is 0 Å². The summed E-state index contributed by atoms with van der Waals surface area (Å²) in [6, 6.07) is 0. The van der Waals surface area contributed by atoms with Gasteiger partial charge in [-0.25, -0.2) is 0 Å². The summed E-state index contributed by atoms with van der Waals surface area (Å²) in [5.41, 5.74) is 2.85. The predicted octanol–water partition coefficient (Wildman–Crippen LogP) is 4.72. The van der Waals surface area contributed by atoms with E-state index in [1.54, 1.807) is 0 Å². The summed E-state index contributed by atoms with van der Waals surface area (Å²) in [7, 11) is -5.15. The van der Waals surface area contributed by atoms with Crippen molar-refractivity contribution in [3.05, 3.63) is 24.6 Å². The summed E-state index contributed by atoms with van der Waals surface area (Å²) in [5.74, 6) is 0. The van der Waals surface area contributed by atoms with Crippen LogP contribution in [0.25, 0.3) is 0 Å². The highest BCUT2D eigenvalue weighted by molar-refractivity contribution is 7.46. The summed E-state index contributed by atoms with van der Waals surface area (Å²) in [5, 5.41) is 0. The molecule has 0 saturated carbocycles. The molecule has 0 aliphatic heterocycles. The number of hydrogen-bond donors (Lipinski definition) is 0. The molecule has 0 atom stereocenters. The van der Waals surface area contributed by atoms with Gasteiger partial charge in [-0.15, -0.1) is 57.5 Å². The van der Waals surface area contributed by atoms with E-state index in [-0.39, 0.29) is 0 Å². The fraction of sp³-hybridized carbons (Fsp3) is 0.500. The van der Waals surface area contributed by atoms with Gasteiger partial charge in [-0.3, -0.25) is 0 Å². The standard InChI is InChI=1S/C8H18Cl4O3Si4/c1-7-18(9,10)14-16(3,4)13-17(5,6)15-19(11,12)8-2/h7-8H,1-2H2,3-6H3. The zero-order valence-corrected chi connectivity index (χ0v) is 18.3. The average molecular weight is 416 g/mol. The van der Waals surface area contributed by atoms with E-state index < -0.39 is 31.0 Å². The fourth-order valence-corrected chi connectivity index (χ4v) is 19.8. The lowest BCUT2D eigenvalue weighted by atomic mass is 11.3. The van der Waals surface area contributed by atoms with Crippen molar-refractivity contribution < 1.29 is 12.3 Å². The lowest BCUT2D eigenvalue weighted by Gasteiger charge is -2.36. The predicted molar refractivity (Wildman–Crippen MR) is 93.5 cm³/mol. The van der Waals surface area contributed by atoms with Gasteiger partial charge in [0.1, 0.15) is 0 Å². The topological polar surface area (TPSA) is 27.7 Å². The molecule has 0 aromatic heterocycles. The molecule has 0 bridgehead atoms. The van der Waals surface area contributed by atoms with Crippen LogP contribution >= 0.6 is 44.3 Å². The van der Waals surface area contributed by atoms with Gasteiger partial charge in [0, 0.05) is 0 Å². The van der Waals surface area contributed by atoms with E-state index in [9.17, 15) is 0 Å². The Kier molecular flexibility index (Phi) is 7.62. The normalized spacial score (nSPS) is 14.3. The lowest BCUT2D eigenvalue weighted by molar-refractivity contribution is 0.343. The molecular weight excluding hydrogens is 398 g/mol. The molecule has 19 heavy (non-hydrogen) atoms. The van der Waals surface area contributed by atoms with Crippen LogP contribution in [0, 0.1) is 0 Å². The third-order valence-electron chi connectivity index (χ3n) is 1.73. The van der Waals surface area contributed by atoms with Gasteiger partial charge in [0.2, 0.25) is 0 Å². The molecule has 0 aromatic rings. The number of rotatable bonds is 8. The van der Waals surface area contributed by atoms with Crippen LogP contribution in [0.15, 0.2) is 24.6 Å². The first-order valence-corrected chi connectivity index (χ1v) is 19.0. The van der Waals surface area contributed by atoms with E-state index >= 15 is 0 Å². The van der Waals surface area contributed by atoms with E-state index in [4.69, 9.17) is 56.7 Å². The van der Waals surface area contributed by atoms with Crippen LogP contribution in [-0.4, -0.2) is 31.0 Å². The van der Waals surface area contributed by atoms with Crippen LogP contribution in [-0.2, 0) is 12.3 Å². The quantitative estimate of drug-likeness (QED) is 0.423. The molecule has 0 aliphatic rings. The maximum atomic E-state index is 6.03. The van der Waals surface area contributed by atoms with E-state index in [1.807, 2.05) is 26.2 Å². The van der Waals surface area contributed by atoms with E-state index in [0.29, 0.717) is 0 Å². The number of hydrogen-bond acceptors (Lipinski definition) is 3. The molecule has 0 rings (SSSR count). The van der Waals surface area contributed by atoms with Crippen LogP contribution in [0.2, 0.25) is 26.2 Å². The summed E-state index contributed by atoms with van der Waals surface area (Å²) < 4.78 is 17.3. The van der Waals surface area contributed by atoms with E-state index in [2.05, 4.69) is 13.2 Å². The Balaban J connectivity index is 4.81. The van der Waals surface area contributed by atoms with Crippen LogP contribution < -0.4 is 0 Å². The van der Waals surface area contributed by atoms with Gasteiger partial charge >= 0.3 is 31.0 Å². The SMILES string of the molecule is C=C[Si](Cl)(Cl)O[Si](C)(C)O[Si](C)(C)O[Si](Cl)(Cl)C=C. The Hall–Kier alpha value is 1.39. The molecule has 11 heteroatoms. The van der Waals surface area contributed by atoms with Crippen molar-refractivity contribution in [1.29, 1.82) is 0 Å². The molecule has 0 saturated heterocycles. The van der Waals surface area contributed by atoms with E-state index in [1.165, 1.54) is 11.4 Å². The smallest absolute Gasteiger partial charge is 0.406 e. The molecule has 0 spiro atoms. The molecule has 0 N–H and O–H groups in total.